The lowest BCUT2D eigenvalue weighted by atomic mass is 9.93. The van der Waals surface area contributed by atoms with Gasteiger partial charge in [0.15, 0.2) is 51.9 Å². The number of Topliss-reactive ketones (excluding diaryl/α,β-unsaturated/α-hetero) is 2. The number of hydrogen-bond donors (Lipinski definition) is 2. The second kappa shape index (κ2) is 39.6. The maximum atomic E-state index is 15.4. The van der Waals surface area contributed by atoms with Gasteiger partial charge < -0.3 is 71.0 Å². The Bertz CT molecular complexity index is 5770. The summed E-state index contributed by atoms with van der Waals surface area (Å²) in [6, 6.07) is 18.9. The predicted octanol–water partition coefficient (Wildman–Crippen LogP) is 19.4. The first-order chi connectivity index (χ1) is 62.3. The third kappa shape index (κ3) is 22.1. The number of H-pyrrole nitrogens is 1. The van der Waals surface area contributed by atoms with Gasteiger partial charge in [-0.2, -0.15) is 15.0 Å². The molecule has 6 saturated heterocycles. The van der Waals surface area contributed by atoms with E-state index in [1.807, 2.05) is 39.5 Å². The maximum Gasteiger partial charge on any atom is 0.301 e. The van der Waals surface area contributed by atoms with Crippen molar-refractivity contribution in [1.82, 2.24) is 44.0 Å². The standard InChI is InChI=1S/C37H53ClFN3O6Si2.C34H48BrClFN3O5Si2.C25H25ClFN3O5/c1-22(43)14-23-15-24-10-11-25(32(24)27(39)16-23)17-28-26(38)18-29-35(40-28)42(21-44-12-13-49(5,6)7)36(41-29)47-30-19-45-34-31(20-46-33(30)34)48-50(8,9)37(2,3)4;1-34(2,3)47(7,8)45-28-18-43-30-27(17-42-31(28)30)44-33-39-26-16-23(36)25(38-32(26)40(33)19-41-11-12-46(4,5)6)14-21-10-9-20-13-22(35)15-24(37)29(20)21;1-11(31)4-12-5-13-2-3-14(21(13)16(27)6-12)7-17-15(26)8-18-24(28-17)30-25(29-18)35-20-10-34-22-19(32)9-33-23(20)22/h15-16,18,25,30-31,33-34H,10-14,17,19-21H2,1-9H3;13,15-16,21,27-28,30-31H,9-12,14,17-19H2,1-8H3;5-6,8,14,19-20,22-23,32H,2-4,7,9-10H2,1H3,(H,28,29,30)/t25?,30-,31-,33-,34-;21?,27-,28-,30-,31-;14?,19-,20-,22-,23-/m111/s1. The van der Waals surface area contributed by atoms with E-state index in [4.69, 9.17) is 116 Å². The largest absolute Gasteiger partial charge is 0.456 e. The highest BCUT2D eigenvalue weighted by atomic mass is 79.9. The molecule has 3 aromatic carbocycles. The lowest BCUT2D eigenvalue weighted by Crippen LogP contribution is -2.47. The lowest BCUT2D eigenvalue weighted by molar-refractivity contribution is -0.117. The van der Waals surface area contributed by atoms with Gasteiger partial charge in [-0.25, -0.2) is 28.1 Å². The summed E-state index contributed by atoms with van der Waals surface area (Å²) in [4.78, 5) is 55.1. The summed E-state index contributed by atoms with van der Waals surface area (Å²) in [5, 5.41) is 11.5. The van der Waals surface area contributed by atoms with Crippen molar-refractivity contribution in [3.8, 4) is 18.0 Å². The molecule has 3 unspecified atom stereocenters. The number of carbonyl (C=O) groups excluding carboxylic acids is 2. The number of nitrogens with one attached hydrogen (secondary N) is 1. The van der Waals surface area contributed by atoms with E-state index >= 15 is 8.78 Å². The van der Waals surface area contributed by atoms with E-state index in [0.717, 1.165) is 82.9 Å². The van der Waals surface area contributed by atoms with Gasteiger partial charge >= 0.3 is 12.0 Å². The monoisotopic (exact) mass is 2010 g/mol. The number of carbonyl (C=O) groups is 2. The molecule has 18 rings (SSSR count). The van der Waals surface area contributed by atoms with E-state index in [1.54, 1.807) is 12.1 Å². The molecule has 36 heteroatoms. The molecule has 716 valence electrons. The summed E-state index contributed by atoms with van der Waals surface area (Å²) in [7, 11) is -6.65. The Kier molecular flexibility index (Phi) is 29.7. The highest BCUT2D eigenvalue weighted by Crippen LogP contribution is 2.48. The first-order valence-electron chi connectivity index (χ1n) is 46.4. The van der Waals surface area contributed by atoms with Crippen molar-refractivity contribution in [2.24, 2.45) is 0 Å². The van der Waals surface area contributed by atoms with Crippen LogP contribution in [-0.4, -0.2) is 220 Å². The molecule has 6 aliphatic heterocycles. The van der Waals surface area contributed by atoms with E-state index < -0.39 is 51.1 Å². The number of benzene rings is 3. The number of imidazole rings is 3. The topological polar surface area (TPSA) is 277 Å². The third-order valence-electron chi connectivity index (χ3n) is 28.0. The van der Waals surface area contributed by atoms with Crippen LogP contribution < -0.4 is 14.2 Å². The average Bonchev–Trinajstić information content (AvgIpc) is 1.59. The van der Waals surface area contributed by atoms with Crippen LogP contribution in [0.15, 0.2) is 59.1 Å². The zero-order valence-corrected chi connectivity index (χ0v) is 86.8. The quantitative estimate of drug-likeness (QED) is 0.0312. The highest BCUT2D eigenvalue weighted by molar-refractivity contribution is 9.10. The van der Waals surface area contributed by atoms with Crippen LogP contribution in [0.25, 0.3) is 33.5 Å². The SMILES string of the molecule is CC(=O)Cc1cc(F)c2c(c1)CCC2Cc1nc2c(cc1Cl)nc(O[C@@H]1CO[C@H]3[C@@H]1OC[C@H]3O[Si](C)(C)C(C)(C)C)n2COCC[Si](C)(C)C.CC(=O)Cc1cc(F)c2c(c1)CCC2Cc1nc2nc(O[C@@H]3CO[C@H]4[C@@H]3OC[C@H]4O)[nH]c2cc1Cl.CC(C)(C)[Si](C)(C)O[C@@H]1CO[C@H]2[C@@H]1OC[C@H]2Oc1nc2cc(Cl)c(CC3CCc4cc(Br)cc(F)c43)nc2n1COCC[Si](C)(C)C. The number of rotatable bonds is 30. The predicted molar refractivity (Wildman–Crippen MR) is 514 cm³/mol. The Balaban J connectivity index is 0.000000147. The van der Waals surface area contributed by atoms with Gasteiger partial charge in [0.2, 0.25) is 0 Å². The Hall–Kier alpha value is -6.17. The van der Waals surface area contributed by atoms with Gasteiger partial charge in [-0.05, 0) is 225 Å². The molecule has 6 fully saturated rings. The van der Waals surface area contributed by atoms with E-state index in [9.17, 15) is 19.1 Å². The Labute approximate surface area is 798 Å². The lowest BCUT2D eigenvalue weighted by Gasteiger charge is -2.39. The van der Waals surface area contributed by atoms with Crippen LogP contribution in [0.3, 0.4) is 0 Å². The second-order valence-electron chi connectivity index (χ2n) is 42.7. The van der Waals surface area contributed by atoms with Crippen LogP contribution in [0, 0.1) is 17.5 Å². The summed E-state index contributed by atoms with van der Waals surface area (Å²) in [5.74, 6) is -0.825. The van der Waals surface area contributed by atoms with Gasteiger partial charge in [-0.3, -0.25) is 18.7 Å². The molecule has 12 heterocycles. The molecule has 0 saturated carbocycles. The van der Waals surface area contributed by atoms with Crippen LogP contribution >= 0.6 is 50.7 Å². The van der Waals surface area contributed by atoms with Crippen molar-refractivity contribution < 1.29 is 88.8 Å². The molecule has 9 aromatic rings. The number of aliphatic hydroxyl groups is 1. The van der Waals surface area contributed by atoms with Crippen LogP contribution in [-0.2, 0) is 121 Å². The van der Waals surface area contributed by atoms with Crippen molar-refractivity contribution >= 4 is 129 Å². The Morgan fingerprint density at radius 2 is 0.856 bits per heavy atom. The summed E-state index contributed by atoms with van der Waals surface area (Å²) in [6.07, 6.45) is 2.94. The molecule has 9 aliphatic rings. The van der Waals surface area contributed by atoms with Gasteiger partial charge in [0, 0.05) is 46.7 Å². The fourth-order valence-electron chi connectivity index (χ4n) is 18.9. The minimum atomic E-state index is -2.03. The van der Waals surface area contributed by atoms with Gasteiger partial charge in [-0.1, -0.05) is 144 Å². The molecule has 0 amide bonds. The normalized spacial score (nSPS) is 25.1. The molecule has 25 nitrogen and oxygen atoms in total. The number of ether oxygens (including phenoxy) is 11. The fourth-order valence-corrected chi connectivity index (χ4v) is 24.2. The minimum Gasteiger partial charge on any atom is -0.456 e. The number of fused-ring (bicyclic) bond motifs is 9. The Morgan fingerprint density at radius 3 is 1.28 bits per heavy atom. The molecule has 0 bridgehead atoms. The number of halogens is 7. The molecule has 15 atom stereocenters. The van der Waals surface area contributed by atoms with Crippen molar-refractivity contribution in [1.29, 1.82) is 0 Å². The molecular weight excluding hydrogens is 1890 g/mol. The highest BCUT2D eigenvalue weighted by Gasteiger charge is 2.56. The zero-order chi connectivity index (χ0) is 94.3. The van der Waals surface area contributed by atoms with Gasteiger partial charge in [-0.15, -0.1) is 0 Å². The smallest absolute Gasteiger partial charge is 0.301 e. The van der Waals surface area contributed by atoms with Crippen molar-refractivity contribution in [3.05, 3.63) is 153 Å². The van der Waals surface area contributed by atoms with E-state index in [0.29, 0.717) is 160 Å². The third-order valence-corrected chi connectivity index (χ3v) is 41.8. The van der Waals surface area contributed by atoms with Crippen molar-refractivity contribution in [2.75, 3.05) is 52.9 Å². The number of ketones is 2. The molecule has 132 heavy (non-hydrogen) atoms. The van der Waals surface area contributed by atoms with Crippen molar-refractivity contribution in [3.63, 3.8) is 0 Å². The number of aromatic nitrogens is 9. The number of hydrogen-bond acceptors (Lipinski definition) is 22. The molecule has 2 N–H and O–H groups in total. The molecule has 0 radical (unpaired) electrons. The van der Waals surface area contributed by atoms with Gasteiger partial charge in [0.1, 0.15) is 96.2 Å². The minimum absolute atomic E-state index is 0.00536. The number of aromatic amines is 1. The average molecular weight is 2020 g/mol. The molecular formula is C96H126BrCl3F3N9O16Si4. The maximum absolute atomic E-state index is 15.4. The molecule has 6 aromatic heterocycles. The molecule has 3 aliphatic carbocycles. The summed E-state index contributed by atoms with van der Waals surface area (Å²) in [6.45, 7) is 43.2. The van der Waals surface area contributed by atoms with Crippen molar-refractivity contribution in [2.45, 2.75) is 318 Å². The van der Waals surface area contributed by atoms with Crippen LogP contribution in [0.4, 0.5) is 13.2 Å². The first-order valence-corrected chi connectivity index (χ1v) is 61.6. The first kappa shape index (κ1) is 98.9. The number of nitrogens with zero attached hydrogens (tertiary/aromatic N) is 8. The van der Waals surface area contributed by atoms with Gasteiger partial charge in [0.25, 0.3) is 6.01 Å². The molecule has 0 spiro atoms. The van der Waals surface area contributed by atoms with Crippen LogP contribution in [0.5, 0.6) is 18.0 Å². The van der Waals surface area contributed by atoms with E-state index in [-0.39, 0.29) is 151 Å². The van der Waals surface area contributed by atoms with E-state index in [1.165, 1.54) is 26.0 Å². The number of pyridine rings is 3. The summed E-state index contributed by atoms with van der Waals surface area (Å²) < 4.78 is 131. The Morgan fingerprint density at radius 1 is 0.485 bits per heavy atom. The van der Waals surface area contributed by atoms with Crippen LogP contribution in [0.1, 0.15) is 154 Å². The summed E-state index contributed by atoms with van der Waals surface area (Å²) in [5.41, 5.74) is 12.1. The summed E-state index contributed by atoms with van der Waals surface area (Å²) >= 11 is 23.7. The van der Waals surface area contributed by atoms with E-state index in [2.05, 4.69) is 138 Å². The zero-order valence-electron chi connectivity index (χ0n) is 78.9. The van der Waals surface area contributed by atoms with Gasteiger partial charge in [0.05, 0.1) is 89.5 Å². The van der Waals surface area contributed by atoms with Crippen LogP contribution in [0.2, 0.25) is 103 Å². The fraction of sp³-hybridized carbons (Fsp3) is 0.604. The second-order valence-corrected chi connectivity index (χ2v) is 65.6. The number of aryl methyl sites for hydroxylation is 3. The number of aliphatic hydroxyl groups excluding tert-OH is 1.